The van der Waals surface area contributed by atoms with Gasteiger partial charge < -0.3 is 10.1 Å². The second-order valence-corrected chi connectivity index (χ2v) is 3.88. The third kappa shape index (κ3) is 4.11. The summed E-state index contributed by atoms with van der Waals surface area (Å²) in [4.78, 5) is 11.6. The smallest absolute Gasteiger partial charge is 0.273 e. The van der Waals surface area contributed by atoms with Crippen LogP contribution in [0.1, 0.15) is 16.9 Å². The van der Waals surface area contributed by atoms with Crippen LogP contribution in [0.4, 0.5) is 0 Å². The first-order valence-electron chi connectivity index (χ1n) is 4.40. The number of rotatable bonds is 6. The molecule has 1 atom stereocenters. The van der Waals surface area contributed by atoms with Crippen molar-refractivity contribution in [1.29, 1.82) is 0 Å². The third-order valence-electron chi connectivity index (χ3n) is 1.75. The number of alkyl halides is 1. The fourth-order valence-electron chi connectivity index (χ4n) is 1.05. The lowest BCUT2D eigenvalue weighted by Crippen LogP contribution is -2.38. The van der Waals surface area contributed by atoms with Crippen LogP contribution in [0.3, 0.4) is 0 Å². The van der Waals surface area contributed by atoms with Gasteiger partial charge in [-0.15, -0.1) is 16.7 Å². The first-order chi connectivity index (χ1) is 7.27. The lowest BCUT2D eigenvalue weighted by atomic mass is 10.2. The summed E-state index contributed by atoms with van der Waals surface area (Å²) in [5, 5.41) is 8.05. The molecule has 0 aromatic carbocycles. The summed E-state index contributed by atoms with van der Waals surface area (Å²) in [6.07, 6.45) is 0.665. The maximum absolute atomic E-state index is 11.6. The van der Waals surface area contributed by atoms with Crippen LogP contribution in [0.5, 0.6) is 0 Å². The van der Waals surface area contributed by atoms with Crippen molar-refractivity contribution >= 4 is 29.0 Å². The summed E-state index contributed by atoms with van der Waals surface area (Å²) in [6.45, 7) is 0.441. The summed E-state index contributed by atoms with van der Waals surface area (Å²) in [5.74, 6) is 0.236. The second-order valence-electron chi connectivity index (χ2n) is 2.89. The van der Waals surface area contributed by atoms with Crippen molar-refractivity contribution in [2.45, 2.75) is 12.5 Å². The van der Waals surface area contributed by atoms with Crippen LogP contribution in [0.15, 0.2) is 5.38 Å². The van der Waals surface area contributed by atoms with Crippen molar-refractivity contribution in [3.05, 3.63) is 11.1 Å². The number of hydrogen-bond acceptors (Lipinski definition) is 5. The lowest BCUT2D eigenvalue weighted by molar-refractivity contribution is 0.0890. The standard InChI is InChI=1S/C8H12ClN3O2S/c1-14-4-6(2-3-9)10-8(13)7-5-15-12-11-7/h5-6H,2-4H2,1H3,(H,10,13). The number of nitrogens with one attached hydrogen (secondary N) is 1. The molecule has 5 nitrogen and oxygen atoms in total. The molecule has 1 aromatic rings. The van der Waals surface area contributed by atoms with E-state index in [4.69, 9.17) is 16.3 Å². The zero-order valence-electron chi connectivity index (χ0n) is 8.27. The average molecular weight is 250 g/mol. The van der Waals surface area contributed by atoms with E-state index < -0.39 is 0 Å². The van der Waals surface area contributed by atoms with Crippen LogP contribution in [-0.4, -0.2) is 41.1 Å². The molecule has 84 valence electrons. The zero-order valence-corrected chi connectivity index (χ0v) is 9.85. The number of carbonyl (C=O) groups excluding carboxylic acids is 1. The fraction of sp³-hybridized carbons (Fsp3) is 0.625. The minimum absolute atomic E-state index is 0.0818. The molecule has 0 saturated carbocycles. The maximum Gasteiger partial charge on any atom is 0.273 e. The van der Waals surface area contributed by atoms with Gasteiger partial charge in [-0.1, -0.05) is 4.49 Å². The molecule has 1 heterocycles. The van der Waals surface area contributed by atoms with E-state index in [2.05, 4.69) is 14.9 Å². The topological polar surface area (TPSA) is 64.1 Å². The molecule has 0 aliphatic rings. The molecule has 1 rings (SSSR count). The molecular weight excluding hydrogens is 238 g/mol. The van der Waals surface area contributed by atoms with Gasteiger partial charge in [-0.2, -0.15) is 0 Å². The van der Waals surface area contributed by atoms with Crippen molar-refractivity contribution in [3.8, 4) is 0 Å². The Morgan fingerprint density at radius 3 is 3.13 bits per heavy atom. The molecule has 0 aliphatic heterocycles. The van der Waals surface area contributed by atoms with Crippen LogP contribution in [0.25, 0.3) is 0 Å². The fourth-order valence-corrected chi connectivity index (χ4v) is 1.75. The Morgan fingerprint density at radius 2 is 2.60 bits per heavy atom. The largest absolute Gasteiger partial charge is 0.383 e. The molecule has 0 radical (unpaired) electrons. The maximum atomic E-state index is 11.6. The number of halogens is 1. The van der Waals surface area contributed by atoms with Gasteiger partial charge >= 0.3 is 0 Å². The third-order valence-corrected chi connectivity index (χ3v) is 2.48. The SMILES string of the molecule is COCC(CCCl)NC(=O)c1csnn1. The van der Waals surface area contributed by atoms with Gasteiger partial charge in [-0.25, -0.2) is 0 Å². The molecule has 0 bridgehead atoms. The Labute approximate surface area is 96.9 Å². The molecule has 1 amide bonds. The van der Waals surface area contributed by atoms with Crippen LogP contribution in [-0.2, 0) is 4.74 Å². The first kappa shape index (κ1) is 12.4. The Kier molecular flexibility index (Phi) is 5.52. The molecule has 1 aromatic heterocycles. The minimum Gasteiger partial charge on any atom is -0.383 e. The Morgan fingerprint density at radius 1 is 1.80 bits per heavy atom. The van der Waals surface area contributed by atoms with Crippen molar-refractivity contribution in [2.75, 3.05) is 19.6 Å². The van der Waals surface area contributed by atoms with Gasteiger partial charge in [0.05, 0.1) is 12.6 Å². The molecule has 0 saturated heterocycles. The number of hydrogen-bond donors (Lipinski definition) is 1. The molecule has 1 unspecified atom stereocenters. The predicted molar refractivity (Wildman–Crippen MR) is 58.4 cm³/mol. The van der Waals surface area contributed by atoms with Crippen LogP contribution in [0.2, 0.25) is 0 Å². The lowest BCUT2D eigenvalue weighted by Gasteiger charge is -2.15. The number of amides is 1. The predicted octanol–water partition coefficient (Wildman–Crippen LogP) is 0.912. The minimum atomic E-state index is -0.240. The van der Waals surface area contributed by atoms with E-state index in [9.17, 15) is 4.79 Å². The number of aromatic nitrogens is 2. The number of methoxy groups -OCH3 is 1. The monoisotopic (exact) mass is 249 g/mol. The number of nitrogens with zero attached hydrogens (tertiary/aromatic N) is 2. The Bertz CT molecular complexity index is 288. The first-order valence-corrected chi connectivity index (χ1v) is 5.78. The number of carbonyl (C=O) groups is 1. The Hall–Kier alpha value is -0.720. The van der Waals surface area contributed by atoms with Gasteiger partial charge in [-0.05, 0) is 18.0 Å². The quantitative estimate of drug-likeness (QED) is 0.762. The molecular formula is C8H12ClN3O2S. The van der Waals surface area contributed by atoms with E-state index in [1.165, 1.54) is 0 Å². The summed E-state index contributed by atoms with van der Waals surface area (Å²) < 4.78 is 8.58. The van der Waals surface area contributed by atoms with Crippen LogP contribution >= 0.6 is 23.1 Å². The van der Waals surface area contributed by atoms with Crippen LogP contribution in [0, 0.1) is 0 Å². The highest BCUT2D eigenvalue weighted by Crippen LogP contribution is 2.00. The highest BCUT2D eigenvalue weighted by molar-refractivity contribution is 7.03. The molecule has 0 fully saturated rings. The molecule has 15 heavy (non-hydrogen) atoms. The van der Waals surface area contributed by atoms with Crippen molar-refractivity contribution in [2.24, 2.45) is 0 Å². The van der Waals surface area contributed by atoms with Gasteiger partial charge in [-0.3, -0.25) is 4.79 Å². The summed E-state index contributed by atoms with van der Waals surface area (Å²) in [7, 11) is 1.58. The van der Waals surface area contributed by atoms with Gasteiger partial charge in [0.1, 0.15) is 0 Å². The summed E-state index contributed by atoms with van der Waals surface area (Å²) >= 11 is 6.75. The zero-order chi connectivity index (χ0) is 11.1. The average Bonchev–Trinajstić information content (AvgIpc) is 2.71. The highest BCUT2D eigenvalue weighted by atomic mass is 35.5. The molecule has 1 N–H and O–H groups in total. The van der Waals surface area contributed by atoms with E-state index in [-0.39, 0.29) is 11.9 Å². The molecule has 7 heteroatoms. The van der Waals surface area contributed by atoms with Crippen molar-refractivity contribution < 1.29 is 9.53 Å². The van der Waals surface area contributed by atoms with E-state index in [1.54, 1.807) is 12.5 Å². The van der Waals surface area contributed by atoms with E-state index in [0.717, 1.165) is 11.5 Å². The van der Waals surface area contributed by atoms with Crippen LogP contribution < -0.4 is 5.32 Å². The normalized spacial score (nSPS) is 12.4. The highest BCUT2D eigenvalue weighted by Gasteiger charge is 2.14. The number of ether oxygens (including phenoxy) is 1. The van der Waals surface area contributed by atoms with E-state index >= 15 is 0 Å². The second kappa shape index (κ2) is 6.71. The Balaban J connectivity index is 2.47. The van der Waals surface area contributed by atoms with Crippen molar-refractivity contribution in [3.63, 3.8) is 0 Å². The van der Waals surface area contributed by atoms with E-state index in [1.807, 2.05) is 0 Å². The summed E-state index contributed by atoms with van der Waals surface area (Å²) in [6, 6.07) is -0.0818. The van der Waals surface area contributed by atoms with Gasteiger partial charge in [0.25, 0.3) is 5.91 Å². The summed E-state index contributed by atoms with van der Waals surface area (Å²) in [5.41, 5.74) is 0.329. The van der Waals surface area contributed by atoms with Gasteiger partial charge in [0.2, 0.25) is 0 Å². The molecule has 0 aliphatic carbocycles. The van der Waals surface area contributed by atoms with E-state index in [0.29, 0.717) is 24.6 Å². The molecule has 0 spiro atoms. The van der Waals surface area contributed by atoms with Crippen molar-refractivity contribution in [1.82, 2.24) is 14.9 Å². The van der Waals surface area contributed by atoms with Gasteiger partial charge in [0.15, 0.2) is 5.69 Å². The van der Waals surface area contributed by atoms with Gasteiger partial charge in [0, 0.05) is 18.4 Å².